The third-order valence-electron chi connectivity index (χ3n) is 2.08. The first-order valence-electron chi connectivity index (χ1n) is 3.95. The van der Waals surface area contributed by atoms with Crippen LogP contribution < -0.4 is 0 Å². The zero-order valence-electron chi connectivity index (χ0n) is 7.70. The molecule has 1 rings (SSSR count). The molecule has 1 saturated heterocycles. The third-order valence-corrected chi connectivity index (χ3v) is 2.08. The number of hydrogen-bond donors (Lipinski definition) is 4. The zero-order chi connectivity index (χ0) is 10.0. The van der Waals surface area contributed by atoms with Crippen molar-refractivity contribution in [3.8, 4) is 0 Å². The molecule has 1 aliphatic heterocycles. The molecular formula is C7H16O7. The van der Waals surface area contributed by atoms with Gasteiger partial charge in [-0.1, -0.05) is 0 Å². The van der Waals surface area contributed by atoms with Gasteiger partial charge in [0, 0.05) is 7.11 Å². The maximum atomic E-state index is 9.28. The van der Waals surface area contributed by atoms with Crippen LogP contribution >= 0.6 is 0 Å². The lowest BCUT2D eigenvalue weighted by molar-refractivity contribution is -0.294. The van der Waals surface area contributed by atoms with Gasteiger partial charge in [-0.2, -0.15) is 0 Å². The summed E-state index contributed by atoms with van der Waals surface area (Å²) in [6.07, 6.45) is -5.91. The van der Waals surface area contributed by atoms with E-state index in [1.165, 1.54) is 7.11 Å². The predicted octanol–water partition coefficient (Wildman–Crippen LogP) is -3.39. The normalized spacial score (nSPS) is 43.1. The van der Waals surface area contributed by atoms with E-state index in [-0.39, 0.29) is 5.48 Å². The number of aliphatic hydroxyl groups is 4. The Balaban J connectivity index is 0.00000169. The maximum Gasteiger partial charge on any atom is 0.186 e. The fourth-order valence-corrected chi connectivity index (χ4v) is 1.26. The minimum atomic E-state index is -1.36. The lowest BCUT2D eigenvalue weighted by Crippen LogP contribution is -2.58. The molecular weight excluding hydrogens is 196 g/mol. The van der Waals surface area contributed by atoms with Crippen LogP contribution in [0, 0.1) is 0 Å². The van der Waals surface area contributed by atoms with Crippen molar-refractivity contribution in [2.75, 3.05) is 13.7 Å². The second-order valence-corrected chi connectivity index (χ2v) is 2.93. The van der Waals surface area contributed by atoms with Crippen molar-refractivity contribution >= 4 is 0 Å². The Kier molecular flexibility index (Phi) is 5.45. The summed E-state index contributed by atoms with van der Waals surface area (Å²) in [7, 11) is 1.30. The molecule has 0 unspecified atom stereocenters. The highest BCUT2D eigenvalue weighted by atomic mass is 16.7. The van der Waals surface area contributed by atoms with Crippen molar-refractivity contribution in [1.82, 2.24) is 0 Å². The second kappa shape index (κ2) is 5.56. The molecule has 6 N–H and O–H groups in total. The van der Waals surface area contributed by atoms with Crippen molar-refractivity contribution < 1.29 is 35.4 Å². The van der Waals surface area contributed by atoms with Gasteiger partial charge in [0.2, 0.25) is 0 Å². The molecule has 0 aromatic heterocycles. The van der Waals surface area contributed by atoms with Crippen LogP contribution in [-0.4, -0.2) is 70.3 Å². The van der Waals surface area contributed by atoms with Crippen LogP contribution in [0.25, 0.3) is 0 Å². The van der Waals surface area contributed by atoms with Gasteiger partial charge in [0.15, 0.2) is 6.29 Å². The molecule has 0 radical (unpaired) electrons. The van der Waals surface area contributed by atoms with E-state index in [9.17, 15) is 15.3 Å². The molecule has 86 valence electrons. The number of aliphatic hydroxyl groups excluding tert-OH is 4. The molecule has 0 spiro atoms. The van der Waals surface area contributed by atoms with E-state index in [1.54, 1.807) is 0 Å². The molecule has 1 aliphatic rings. The van der Waals surface area contributed by atoms with Crippen molar-refractivity contribution in [3.63, 3.8) is 0 Å². The fraction of sp³-hybridized carbons (Fsp3) is 1.00. The summed E-state index contributed by atoms with van der Waals surface area (Å²) in [6, 6.07) is 0. The SMILES string of the molecule is CO[C@H]1O[C@H](CO)[C@H](O)[C@@H](O)[C@H]1O.O. The Bertz CT molecular complexity index is 144. The molecule has 0 aromatic rings. The molecule has 0 amide bonds. The van der Waals surface area contributed by atoms with Crippen LogP contribution in [0.3, 0.4) is 0 Å². The molecule has 7 heteroatoms. The van der Waals surface area contributed by atoms with Crippen molar-refractivity contribution in [2.24, 2.45) is 0 Å². The number of rotatable bonds is 2. The molecule has 0 aromatic carbocycles. The molecule has 7 nitrogen and oxygen atoms in total. The first-order valence-corrected chi connectivity index (χ1v) is 3.95. The Morgan fingerprint density at radius 2 is 1.71 bits per heavy atom. The summed E-state index contributed by atoms with van der Waals surface area (Å²) in [5.74, 6) is 0. The van der Waals surface area contributed by atoms with E-state index in [1.807, 2.05) is 0 Å². The largest absolute Gasteiger partial charge is 0.412 e. The van der Waals surface area contributed by atoms with Gasteiger partial charge in [0.1, 0.15) is 24.4 Å². The van der Waals surface area contributed by atoms with Crippen molar-refractivity contribution in [2.45, 2.75) is 30.7 Å². The topological polar surface area (TPSA) is 131 Å². The standard InChI is InChI=1S/C7H14O6.H2O/c1-12-7-6(11)5(10)4(9)3(2-8)13-7;/h3-11H,2H2,1H3;1H2/t3-,4+,5-,6-,7+;/m1./s1. The Morgan fingerprint density at radius 3 is 2.14 bits per heavy atom. The average molecular weight is 212 g/mol. The predicted molar refractivity (Wildman–Crippen MR) is 44.4 cm³/mol. The van der Waals surface area contributed by atoms with Crippen molar-refractivity contribution in [1.29, 1.82) is 0 Å². The smallest absolute Gasteiger partial charge is 0.186 e. The highest BCUT2D eigenvalue weighted by Crippen LogP contribution is 2.20. The van der Waals surface area contributed by atoms with Gasteiger partial charge < -0.3 is 35.4 Å². The Hall–Kier alpha value is -0.280. The average Bonchev–Trinajstić information content (AvgIpc) is 2.15. The summed E-state index contributed by atoms with van der Waals surface area (Å²) < 4.78 is 9.65. The molecule has 0 aliphatic carbocycles. The number of ether oxygens (including phenoxy) is 2. The van der Waals surface area contributed by atoms with Gasteiger partial charge in [-0.3, -0.25) is 0 Å². The molecule has 14 heavy (non-hydrogen) atoms. The molecule has 1 heterocycles. The van der Waals surface area contributed by atoms with Gasteiger partial charge in [-0.05, 0) is 0 Å². The van der Waals surface area contributed by atoms with Gasteiger partial charge in [-0.25, -0.2) is 0 Å². The zero-order valence-corrected chi connectivity index (χ0v) is 7.70. The summed E-state index contributed by atoms with van der Waals surface area (Å²) in [5, 5.41) is 36.6. The lowest BCUT2D eigenvalue weighted by atomic mass is 9.99. The van der Waals surface area contributed by atoms with E-state index in [0.717, 1.165) is 0 Å². The van der Waals surface area contributed by atoms with Crippen LogP contribution in [0.4, 0.5) is 0 Å². The van der Waals surface area contributed by atoms with Gasteiger partial charge in [0.25, 0.3) is 0 Å². The van der Waals surface area contributed by atoms with Crippen LogP contribution in [-0.2, 0) is 9.47 Å². The van der Waals surface area contributed by atoms with Gasteiger partial charge in [0.05, 0.1) is 6.61 Å². The van der Waals surface area contributed by atoms with Crippen LogP contribution in [0.15, 0.2) is 0 Å². The monoisotopic (exact) mass is 212 g/mol. The summed E-state index contributed by atoms with van der Waals surface area (Å²) in [6.45, 7) is -0.440. The Labute approximate surface area is 80.8 Å². The van der Waals surface area contributed by atoms with Crippen LogP contribution in [0.1, 0.15) is 0 Å². The molecule has 1 fully saturated rings. The molecule has 0 saturated carbocycles. The lowest BCUT2D eigenvalue weighted by Gasteiger charge is -2.38. The maximum absolute atomic E-state index is 9.28. The highest BCUT2D eigenvalue weighted by Gasteiger charge is 2.43. The van der Waals surface area contributed by atoms with Crippen LogP contribution in [0.2, 0.25) is 0 Å². The summed E-state index contributed by atoms with van der Waals surface area (Å²) >= 11 is 0. The van der Waals surface area contributed by atoms with E-state index >= 15 is 0 Å². The van der Waals surface area contributed by atoms with Gasteiger partial charge >= 0.3 is 0 Å². The van der Waals surface area contributed by atoms with Crippen molar-refractivity contribution in [3.05, 3.63) is 0 Å². The minimum Gasteiger partial charge on any atom is -0.412 e. The second-order valence-electron chi connectivity index (χ2n) is 2.93. The Morgan fingerprint density at radius 1 is 1.14 bits per heavy atom. The highest BCUT2D eigenvalue weighted by molar-refractivity contribution is 4.88. The molecule has 5 atom stereocenters. The first kappa shape index (κ1) is 13.7. The van der Waals surface area contributed by atoms with E-state index in [4.69, 9.17) is 14.6 Å². The third kappa shape index (κ3) is 2.39. The van der Waals surface area contributed by atoms with E-state index in [0.29, 0.717) is 0 Å². The molecule has 0 bridgehead atoms. The van der Waals surface area contributed by atoms with Crippen LogP contribution in [0.5, 0.6) is 0 Å². The van der Waals surface area contributed by atoms with E-state index in [2.05, 4.69) is 0 Å². The quantitative estimate of drug-likeness (QED) is 0.377. The number of hydrogen-bond acceptors (Lipinski definition) is 6. The summed E-state index contributed by atoms with van der Waals surface area (Å²) in [5.41, 5.74) is 0. The first-order chi connectivity index (χ1) is 6.11. The van der Waals surface area contributed by atoms with E-state index < -0.39 is 37.3 Å². The minimum absolute atomic E-state index is 0. The van der Waals surface area contributed by atoms with Gasteiger partial charge in [-0.15, -0.1) is 0 Å². The summed E-state index contributed by atoms with van der Waals surface area (Å²) in [4.78, 5) is 0. The number of methoxy groups -OCH3 is 1. The fourth-order valence-electron chi connectivity index (χ4n) is 1.26.